The number of aryl methyl sites for hydroxylation is 2. The minimum Gasteiger partial charge on any atom is -0.207 e. The fourth-order valence-electron chi connectivity index (χ4n) is 2.93. The minimum absolute atomic E-state index is 0.280. The van der Waals surface area contributed by atoms with Gasteiger partial charge in [-0.25, -0.2) is 16.8 Å². The molecule has 0 N–H and O–H groups in total. The Morgan fingerprint density at radius 2 is 1.19 bits per heavy atom. The van der Waals surface area contributed by atoms with Gasteiger partial charge in [0.1, 0.15) is 0 Å². The van der Waals surface area contributed by atoms with Gasteiger partial charge < -0.3 is 0 Å². The van der Waals surface area contributed by atoms with Crippen molar-refractivity contribution in [1.82, 2.24) is 8.61 Å². The first-order chi connectivity index (χ1) is 15.1. The molecule has 0 aliphatic carbocycles. The van der Waals surface area contributed by atoms with Crippen molar-refractivity contribution in [3.05, 3.63) is 97.1 Å². The zero-order chi connectivity index (χ0) is 23.8. The Labute approximate surface area is 192 Å². The predicted octanol–water partition coefficient (Wildman–Crippen LogP) is 3.91. The number of hydrogen-bond acceptors (Lipinski definition) is 4. The summed E-state index contributed by atoms with van der Waals surface area (Å²) in [6.07, 6.45) is 6.86. The Morgan fingerprint density at radius 1 is 0.781 bits per heavy atom. The number of benzene rings is 2. The van der Waals surface area contributed by atoms with E-state index in [0.29, 0.717) is 22.9 Å². The first kappa shape index (κ1) is 25.7. The van der Waals surface area contributed by atoms with Crippen LogP contribution in [0.25, 0.3) is 0 Å². The van der Waals surface area contributed by atoms with E-state index in [9.17, 15) is 16.8 Å². The largest absolute Gasteiger partial charge is 0.243 e. The van der Waals surface area contributed by atoms with E-state index in [4.69, 9.17) is 0 Å². The van der Waals surface area contributed by atoms with Gasteiger partial charge in [0.05, 0.1) is 9.79 Å². The Bertz CT molecular complexity index is 1130. The Morgan fingerprint density at radius 3 is 1.59 bits per heavy atom. The molecule has 0 saturated heterocycles. The normalized spacial score (nSPS) is 14.1. The quantitative estimate of drug-likeness (QED) is 0.544. The van der Waals surface area contributed by atoms with Crippen LogP contribution in [-0.4, -0.2) is 51.6 Å². The first-order valence-corrected chi connectivity index (χ1v) is 13.0. The summed E-state index contributed by atoms with van der Waals surface area (Å²) in [7, 11) is -6.74. The maximum absolute atomic E-state index is 12.3. The van der Waals surface area contributed by atoms with E-state index in [-0.39, 0.29) is 13.1 Å². The van der Waals surface area contributed by atoms with Crippen LogP contribution in [0.5, 0.6) is 0 Å². The van der Waals surface area contributed by atoms with Crippen molar-refractivity contribution in [2.75, 3.05) is 26.2 Å². The number of rotatable bonds is 8. The summed E-state index contributed by atoms with van der Waals surface area (Å²) in [4.78, 5) is 0.670. The highest BCUT2D eigenvalue weighted by molar-refractivity contribution is 7.89. The molecule has 0 fully saturated rings. The molecule has 2 aromatic rings. The molecule has 0 spiro atoms. The molecular formula is C24H30N2O4S2. The zero-order valence-corrected chi connectivity index (χ0v) is 20.1. The zero-order valence-electron chi connectivity index (χ0n) is 18.5. The fraction of sp³-hybridized carbons (Fsp3) is 0.250. The summed E-state index contributed by atoms with van der Waals surface area (Å²) in [5, 5.41) is 0. The highest BCUT2D eigenvalue weighted by Gasteiger charge is 2.24. The van der Waals surface area contributed by atoms with Crippen molar-refractivity contribution < 1.29 is 16.8 Å². The summed E-state index contributed by atoms with van der Waals surface area (Å²) >= 11 is 0. The lowest BCUT2D eigenvalue weighted by molar-refractivity contribution is 0.474. The second-order valence-corrected chi connectivity index (χ2v) is 11.2. The Hall–Kier alpha value is -2.52. The second-order valence-electron chi connectivity index (χ2n) is 7.32. The molecular weight excluding hydrogens is 444 g/mol. The Balaban J connectivity index is 0.000000228. The molecule has 172 valence electrons. The van der Waals surface area contributed by atoms with Crippen LogP contribution in [-0.2, 0) is 20.0 Å². The number of hydrogen-bond donors (Lipinski definition) is 0. The van der Waals surface area contributed by atoms with E-state index in [1.54, 1.807) is 48.6 Å². The van der Waals surface area contributed by atoms with Gasteiger partial charge in [-0.3, -0.25) is 0 Å². The molecule has 3 rings (SSSR count). The maximum Gasteiger partial charge on any atom is 0.243 e. The second kappa shape index (κ2) is 11.4. The van der Waals surface area contributed by atoms with Crippen molar-refractivity contribution in [3.63, 3.8) is 0 Å². The standard InChI is InChI=1S/C13H17NO2S.C11H13NO2S/c1-4-10-14(11-5-2)17(15,16)13-8-6-12(3)7-9-13;1-10-4-6-11(7-5-10)15(13,14)12-8-2-3-9-12/h4-9H,1-2,10-11H2,3H3;2-7H,8-9H2,1H3. The van der Waals surface area contributed by atoms with E-state index in [1.165, 1.54) is 8.61 Å². The van der Waals surface area contributed by atoms with Gasteiger partial charge in [-0.15, -0.1) is 13.2 Å². The fourth-order valence-corrected chi connectivity index (χ4v) is 5.66. The lowest BCUT2D eigenvalue weighted by Gasteiger charge is -2.18. The summed E-state index contributed by atoms with van der Waals surface area (Å²) < 4.78 is 51.4. The summed E-state index contributed by atoms with van der Waals surface area (Å²) in [6, 6.07) is 13.7. The van der Waals surface area contributed by atoms with E-state index in [2.05, 4.69) is 13.2 Å². The molecule has 1 aliphatic heterocycles. The van der Waals surface area contributed by atoms with Gasteiger partial charge in [0, 0.05) is 26.2 Å². The molecule has 0 saturated carbocycles. The third kappa shape index (κ3) is 6.49. The highest BCUT2D eigenvalue weighted by atomic mass is 32.2. The average Bonchev–Trinajstić information content (AvgIpc) is 3.31. The number of nitrogens with zero attached hydrogens (tertiary/aromatic N) is 2. The predicted molar refractivity (Wildman–Crippen MR) is 129 cm³/mol. The maximum atomic E-state index is 12.3. The van der Waals surface area contributed by atoms with Crippen LogP contribution in [0.1, 0.15) is 11.1 Å². The van der Waals surface area contributed by atoms with Gasteiger partial charge in [0.15, 0.2) is 0 Å². The highest BCUT2D eigenvalue weighted by Crippen LogP contribution is 2.18. The molecule has 1 heterocycles. The smallest absolute Gasteiger partial charge is 0.207 e. The molecule has 0 amide bonds. The first-order valence-electron chi connectivity index (χ1n) is 10.1. The SMILES string of the molecule is C=CCN(CC=C)S(=O)(=O)c1ccc(C)cc1.Cc1ccc(S(=O)(=O)N2CC=CC2)cc1. The van der Waals surface area contributed by atoms with Crippen LogP contribution in [0.4, 0.5) is 0 Å². The molecule has 0 aromatic heterocycles. The van der Waals surface area contributed by atoms with Crippen LogP contribution in [0, 0.1) is 13.8 Å². The average molecular weight is 475 g/mol. The van der Waals surface area contributed by atoms with Crippen molar-refractivity contribution in [1.29, 1.82) is 0 Å². The molecule has 6 nitrogen and oxygen atoms in total. The number of sulfonamides is 2. The van der Waals surface area contributed by atoms with E-state index in [0.717, 1.165) is 11.1 Å². The van der Waals surface area contributed by atoms with E-state index < -0.39 is 20.0 Å². The van der Waals surface area contributed by atoms with Gasteiger partial charge >= 0.3 is 0 Å². The van der Waals surface area contributed by atoms with E-state index in [1.807, 2.05) is 38.1 Å². The van der Waals surface area contributed by atoms with Crippen molar-refractivity contribution in [3.8, 4) is 0 Å². The third-order valence-corrected chi connectivity index (χ3v) is 8.46. The molecule has 0 radical (unpaired) electrons. The van der Waals surface area contributed by atoms with E-state index >= 15 is 0 Å². The molecule has 1 aliphatic rings. The van der Waals surface area contributed by atoms with Crippen LogP contribution < -0.4 is 0 Å². The summed E-state index contributed by atoms with van der Waals surface area (Å²) in [6.45, 7) is 12.5. The van der Waals surface area contributed by atoms with Gasteiger partial charge in [-0.1, -0.05) is 59.7 Å². The lowest BCUT2D eigenvalue weighted by atomic mass is 10.2. The summed E-state index contributed by atoms with van der Waals surface area (Å²) in [5.41, 5.74) is 2.09. The van der Waals surface area contributed by atoms with Gasteiger partial charge in [0.2, 0.25) is 20.0 Å². The topological polar surface area (TPSA) is 74.8 Å². The van der Waals surface area contributed by atoms with Crippen molar-refractivity contribution >= 4 is 20.0 Å². The van der Waals surface area contributed by atoms with Crippen LogP contribution >= 0.6 is 0 Å². The third-order valence-electron chi connectivity index (χ3n) is 4.77. The molecule has 0 unspecified atom stereocenters. The monoisotopic (exact) mass is 474 g/mol. The van der Waals surface area contributed by atoms with Crippen LogP contribution in [0.3, 0.4) is 0 Å². The van der Waals surface area contributed by atoms with Crippen LogP contribution in [0.15, 0.2) is 95.8 Å². The van der Waals surface area contributed by atoms with Gasteiger partial charge in [0.25, 0.3) is 0 Å². The molecule has 0 bridgehead atoms. The summed E-state index contributed by atoms with van der Waals surface area (Å²) in [5.74, 6) is 0. The lowest BCUT2D eigenvalue weighted by Crippen LogP contribution is -2.31. The molecule has 2 aromatic carbocycles. The Kier molecular flexibility index (Phi) is 9.15. The minimum atomic E-state index is -3.45. The van der Waals surface area contributed by atoms with Gasteiger partial charge in [-0.2, -0.15) is 8.61 Å². The molecule has 32 heavy (non-hydrogen) atoms. The van der Waals surface area contributed by atoms with Crippen LogP contribution in [0.2, 0.25) is 0 Å². The van der Waals surface area contributed by atoms with Crippen molar-refractivity contribution in [2.24, 2.45) is 0 Å². The molecule has 0 atom stereocenters. The van der Waals surface area contributed by atoms with Gasteiger partial charge in [-0.05, 0) is 38.1 Å². The van der Waals surface area contributed by atoms with Crippen molar-refractivity contribution in [2.45, 2.75) is 23.6 Å². The molecule has 8 heteroatoms.